The minimum atomic E-state index is -4.68. The molecule has 0 bridgehead atoms. The molecule has 1 atom stereocenters. The molecule has 1 heterocycles. The Labute approximate surface area is 171 Å². The molecule has 1 saturated carbocycles. The van der Waals surface area contributed by atoms with E-state index in [4.69, 9.17) is 10.5 Å². The number of aliphatic imine (C=N–C) groups is 1. The molecule has 0 spiro atoms. The van der Waals surface area contributed by atoms with E-state index in [0.29, 0.717) is 42.0 Å². The van der Waals surface area contributed by atoms with E-state index >= 15 is 0 Å². The first-order valence-electron chi connectivity index (χ1n) is 9.30. The number of halogens is 3. The first-order valence-corrected chi connectivity index (χ1v) is 9.30. The quantitative estimate of drug-likeness (QED) is 0.785. The number of rotatable bonds is 4. The lowest BCUT2D eigenvalue weighted by molar-refractivity contribution is -0.138. The first kappa shape index (κ1) is 21.4. The number of amides is 1. The number of ether oxygens (including phenoxy) is 1. The van der Waals surface area contributed by atoms with Gasteiger partial charge in [0.2, 0.25) is 0 Å². The van der Waals surface area contributed by atoms with E-state index in [9.17, 15) is 18.0 Å². The predicted octanol–water partition coefficient (Wildman–Crippen LogP) is 4.01. The number of methoxy groups -OCH3 is 1. The molecule has 1 aliphatic rings. The molecule has 158 valence electrons. The van der Waals surface area contributed by atoms with Gasteiger partial charge in [0, 0.05) is 23.7 Å². The number of benzene rings is 1. The Hall–Kier alpha value is -3.36. The fraction of sp³-hybridized carbons (Fsp3) is 0.286. The van der Waals surface area contributed by atoms with Crippen LogP contribution in [0.4, 0.5) is 18.9 Å². The molecule has 3 N–H and O–H groups in total. The molecule has 1 fully saturated rings. The molecule has 3 rings (SSSR count). The second-order valence-corrected chi connectivity index (χ2v) is 6.69. The third-order valence-electron chi connectivity index (χ3n) is 4.76. The van der Waals surface area contributed by atoms with Gasteiger partial charge in [-0.3, -0.25) is 14.8 Å². The summed E-state index contributed by atoms with van der Waals surface area (Å²) >= 11 is 0. The minimum Gasteiger partial charge on any atom is -0.497 e. The van der Waals surface area contributed by atoms with Crippen LogP contribution in [0.3, 0.4) is 0 Å². The number of nitrogens with two attached hydrogens (primary N) is 1. The maximum atomic E-state index is 13.2. The van der Waals surface area contributed by atoms with Crippen molar-refractivity contribution in [3.8, 4) is 5.75 Å². The Morgan fingerprint density at radius 1 is 1.30 bits per heavy atom. The zero-order chi connectivity index (χ0) is 21.7. The number of pyridine rings is 1. The van der Waals surface area contributed by atoms with Crippen LogP contribution >= 0.6 is 0 Å². The molecule has 0 aliphatic heterocycles. The van der Waals surface area contributed by atoms with Crippen molar-refractivity contribution in [1.82, 2.24) is 10.3 Å². The molecular weight excluding hydrogens is 397 g/mol. The van der Waals surface area contributed by atoms with Gasteiger partial charge in [-0.25, -0.2) is 0 Å². The fourth-order valence-electron chi connectivity index (χ4n) is 3.31. The van der Waals surface area contributed by atoms with Crippen LogP contribution in [0.1, 0.15) is 35.3 Å². The maximum Gasteiger partial charge on any atom is 0.418 e. The summed E-state index contributed by atoms with van der Waals surface area (Å²) in [5, 5.41) is 2.63. The van der Waals surface area contributed by atoms with Crippen molar-refractivity contribution in [1.29, 1.82) is 0 Å². The van der Waals surface area contributed by atoms with Crippen LogP contribution in [0.25, 0.3) is 0 Å². The van der Waals surface area contributed by atoms with Crippen molar-refractivity contribution in [3.63, 3.8) is 0 Å². The molecule has 1 aromatic heterocycles. The molecule has 6 nitrogen and oxygen atoms in total. The highest BCUT2D eigenvalue weighted by molar-refractivity contribution is 6.04. The molecule has 1 aromatic carbocycles. The van der Waals surface area contributed by atoms with Crippen LogP contribution in [0.15, 0.2) is 59.4 Å². The van der Waals surface area contributed by atoms with Gasteiger partial charge < -0.3 is 15.8 Å². The second-order valence-electron chi connectivity index (χ2n) is 6.69. The van der Waals surface area contributed by atoms with Crippen molar-refractivity contribution in [2.24, 2.45) is 10.7 Å². The fourth-order valence-corrected chi connectivity index (χ4v) is 3.31. The summed E-state index contributed by atoms with van der Waals surface area (Å²) in [4.78, 5) is 20.8. The molecule has 9 heteroatoms. The van der Waals surface area contributed by atoms with E-state index < -0.39 is 29.4 Å². The third-order valence-corrected chi connectivity index (χ3v) is 4.76. The average Bonchev–Trinajstić information content (AvgIpc) is 2.74. The van der Waals surface area contributed by atoms with Crippen molar-refractivity contribution >= 4 is 17.3 Å². The van der Waals surface area contributed by atoms with E-state index in [1.807, 2.05) is 0 Å². The summed E-state index contributed by atoms with van der Waals surface area (Å²) in [6.07, 6.45) is -0.313. The van der Waals surface area contributed by atoms with Crippen LogP contribution in [0.2, 0.25) is 0 Å². The van der Waals surface area contributed by atoms with Crippen molar-refractivity contribution in [2.75, 3.05) is 7.11 Å². The van der Waals surface area contributed by atoms with Crippen LogP contribution in [0.5, 0.6) is 5.75 Å². The normalized spacial score (nSPS) is 19.7. The van der Waals surface area contributed by atoms with E-state index in [1.54, 1.807) is 31.4 Å². The Balaban J connectivity index is 1.83. The largest absolute Gasteiger partial charge is 0.497 e. The number of carbonyl (C=O) groups is 1. The molecule has 1 aliphatic carbocycles. The zero-order valence-electron chi connectivity index (χ0n) is 16.2. The molecular formula is C21H21F3N4O2. The van der Waals surface area contributed by atoms with Gasteiger partial charge >= 0.3 is 6.18 Å². The van der Waals surface area contributed by atoms with Crippen LogP contribution in [-0.4, -0.2) is 29.8 Å². The summed E-state index contributed by atoms with van der Waals surface area (Å²) in [5.74, 6) is -0.212. The molecule has 1 amide bonds. The van der Waals surface area contributed by atoms with Gasteiger partial charge in [-0.1, -0.05) is 0 Å². The standard InChI is InChI=1S/C21H21F3N4O2/c1-30-14-9-7-13(8-10-14)27-17-5-2-6-18(15(17)12-25)28-20(29)19-16(21(22,23)24)4-3-11-26-19/h3-4,7-12,18H,2,5-6,25H2,1H3,(H,28,29)/b15-12+,27-17?. The topological polar surface area (TPSA) is 89.6 Å². The smallest absolute Gasteiger partial charge is 0.418 e. The Morgan fingerprint density at radius 3 is 2.67 bits per heavy atom. The number of alkyl halides is 3. The van der Waals surface area contributed by atoms with Gasteiger partial charge in [-0.05, 0) is 55.7 Å². The molecule has 0 saturated heterocycles. The van der Waals surface area contributed by atoms with Crippen LogP contribution in [0, 0.1) is 0 Å². The average molecular weight is 418 g/mol. The lowest BCUT2D eigenvalue weighted by Crippen LogP contribution is -2.42. The SMILES string of the molecule is COc1ccc(N=C2CCCC(NC(=O)c3ncccc3C(F)(F)F)/C2=C/N)cc1. The highest BCUT2D eigenvalue weighted by Gasteiger charge is 2.37. The van der Waals surface area contributed by atoms with E-state index in [1.165, 1.54) is 6.20 Å². The van der Waals surface area contributed by atoms with Crippen molar-refractivity contribution < 1.29 is 22.7 Å². The molecule has 2 aromatic rings. The number of hydrogen-bond donors (Lipinski definition) is 2. The predicted molar refractivity (Wildman–Crippen MR) is 107 cm³/mol. The molecule has 1 unspecified atom stereocenters. The number of hydrogen-bond acceptors (Lipinski definition) is 5. The Kier molecular flexibility index (Phi) is 6.39. The highest BCUT2D eigenvalue weighted by atomic mass is 19.4. The Bertz CT molecular complexity index is 969. The summed E-state index contributed by atoms with van der Waals surface area (Å²) in [6, 6.07) is 8.53. The summed E-state index contributed by atoms with van der Waals surface area (Å²) in [6.45, 7) is 0. The Morgan fingerprint density at radius 2 is 2.03 bits per heavy atom. The summed E-state index contributed by atoms with van der Waals surface area (Å²) < 4.78 is 44.8. The summed E-state index contributed by atoms with van der Waals surface area (Å²) in [5.41, 5.74) is 5.98. The molecule has 0 radical (unpaired) electrons. The van der Waals surface area contributed by atoms with E-state index in [-0.39, 0.29) is 0 Å². The second kappa shape index (κ2) is 8.98. The third kappa shape index (κ3) is 4.79. The van der Waals surface area contributed by atoms with Gasteiger partial charge in [0.15, 0.2) is 0 Å². The van der Waals surface area contributed by atoms with Gasteiger partial charge in [0.25, 0.3) is 5.91 Å². The lowest BCUT2D eigenvalue weighted by Gasteiger charge is -2.27. The number of carbonyl (C=O) groups excluding carboxylic acids is 1. The van der Waals surface area contributed by atoms with Gasteiger partial charge in [-0.2, -0.15) is 13.2 Å². The first-order chi connectivity index (χ1) is 14.3. The number of nitrogens with one attached hydrogen (secondary N) is 1. The van der Waals surface area contributed by atoms with E-state index in [0.717, 1.165) is 18.3 Å². The minimum absolute atomic E-state index is 0.532. The highest BCUT2D eigenvalue weighted by Crippen LogP contribution is 2.31. The van der Waals surface area contributed by atoms with Gasteiger partial charge in [0.05, 0.1) is 24.4 Å². The van der Waals surface area contributed by atoms with Crippen molar-refractivity contribution in [3.05, 3.63) is 65.6 Å². The monoisotopic (exact) mass is 418 g/mol. The number of nitrogens with zero attached hydrogens (tertiary/aromatic N) is 2. The molecule has 30 heavy (non-hydrogen) atoms. The summed E-state index contributed by atoms with van der Waals surface area (Å²) in [7, 11) is 1.57. The van der Waals surface area contributed by atoms with Crippen molar-refractivity contribution in [2.45, 2.75) is 31.5 Å². The van der Waals surface area contributed by atoms with Gasteiger partial charge in [0.1, 0.15) is 11.4 Å². The van der Waals surface area contributed by atoms with Crippen LogP contribution < -0.4 is 15.8 Å². The zero-order valence-corrected chi connectivity index (χ0v) is 16.2. The maximum absolute atomic E-state index is 13.2. The number of aromatic nitrogens is 1. The van der Waals surface area contributed by atoms with Gasteiger partial charge in [-0.15, -0.1) is 0 Å². The van der Waals surface area contributed by atoms with Crippen LogP contribution in [-0.2, 0) is 6.18 Å². The van der Waals surface area contributed by atoms with E-state index in [2.05, 4.69) is 15.3 Å². The lowest BCUT2D eigenvalue weighted by atomic mass is 9.88.